The van der Waals surface area contributed by atoms with Gasteiger partial charge in [-0.2, -0.15) is 0 Å². The molecule has 1 saturated heterocycles. The molecule has 1 fully saturated rings. The Morgan fingerprint density at radius 1 is 1.44 bits per heavy atom. The summed E-state index contributed by atoms with van der Waals surface area (Å²) in [5.74, 6) is 0.633. The number of piperidine rings is 1. The molecule has 3 N–H and O–H groups in total. The molecule has 4 heteroatoms. The normalized spacial score (nSPS) is 28.8. The Balaban J connectivity index is 2.27. The number of rotatable bonds is 2. The Hall–Kier alpha value is -1.13. The van der Waals surface area contributed by atoms with Crippen LogP contribution in [0.4, 0.5) is 5.69 Å². The van der Waals surface area contributed by atoms with Crippen LogP contribution < -0.4 is 10.6 Å². The lowest BCUT2D eigenvalue weighted by Gasteiger charge is -2.40. The predicted octanol–water partition coefficient (Wildman–Crippen LogP) is 1.35. The molecule has 0 aromatic carbocycles. The minimum Gasteiger partial charge on any atom is -0.391 e. The Bertz CT molecular complexity index is 396. The number of aliphatic hydroxyl groups is 1. The maximum absolute atomic E-state index is 9.93. The number of hydrogen-bond acceptors (Lipinski definition) is 4. The van der Waals surface area contributed by atoms with E-state index in [9.17, 15) is 5.11 Å². The van der Waals surface area contributed by atoms with E-state index < -0.39 is 6.10 Å². The molecule has 2 heterocycles. The Morgan fingerprint density at radius 2 is 2.17 bits per heavy atom. The molecule has 1 aromatic rings. The van der Waals surface area contributed by atoms with E-state index in [1.165, 1.54) is 11.3 Å². The highest BCUT2D eigenvalue weighted by atomic mass is 16.3. The molecular formula is C14H23N3O. The van der Waals surface area contributed by atoms with E-state index in [1.54, 1.807) is 0 Å². The van der Waals surface area contributed by atoms with Crippen LogP contribution in [-0.2, 0) is 0 Å². The summed E-state index contributed by atoms with van der Waals surface area (Å²) >= 11 is 0. The van der Waals surface area contributed by atoms with Crippen molar-refractivity contribution in [2.24, 2.45) is 11.7 Å². The molecule has 18 heavy (non-hydrogen) atoms. The third-order valence-corrected chi connectivity index (χ3v) is 3.75. The summed E-state index contributed by atoms with van der Waals surface area (Å²) in [6.07, 6.45) is 3.36. The molecule has 0 aliphatic carbocycles. The molecule has 0 radical (unpaired) electrons. The average Bonchev–Trinajstić information content (AvgIpc) is 2.35. The van der Waals surface area contributed by atoms with Gasteiger partial charge in [0.2, 0.25) is 0 Å². The molecule has 0 amide bonds. The highest BCUT2D eigenvalue weighted by molar-refractivity contribution is 5.54. The van der Waals surface area contributed by atoms with Crippen LogP contribution in [0.1, 0.15) is 32.3 Å². The molecule has 2 rings (SSSR count). The molecule has 1 aromatic heterocycles. The monoisotopic (exact) mass is 249 g/mol. The summed E-state index contributed by atoms with van der Waals surface area (Å²) in [7, 11) is 0. The summed E-state index contributed by atoms with van der Waals surface area (Å²) in [5, 5.41) is 9.93. The van der Waals surface area contributed by atoms with Gasteiger partial charge < -0.3 is 15.7 Å². The molecule has 100 valence electrons. The van der Waals surface area contributed by atoms with Crippen LogP contribution in [-0.4, -0.2) is 35.3 Å². The second kappa shape index (κ2) is 5.24. The number of aliphatic hydroxyl groups excluding tert-OH is 1. The minimum atomic E-state index is -0.398. The van der Waals surface area contributed by atoms with Gasteiger partial charge in [0.05, 0.1) is 6.10 Å². The van der Waals surface area contributed by atoms with Crippen molar-refractivity contribution in [2.45, 2.75) is 38.8 Å². The van der Waals surface area contributed by atoms with Crippen molar-refractivity contribution in [3.63, 3.8) is 0 Å². The fourth-order valence-corrected chi connectivity index (χ4v) is 2.64. The van der Waals surface area contributed by atoms with Crippen molar-refractivity contribution in [1.29, 1.82) is 0 Å². The summed E-state index contributed by atoms with van der Waals surface area (Å²) in [6, 6.07) is 1.87. The quantitative estimate of drug-likeness (QED) is 0.830. The maximum Gasteiger partial charge on any atom is 0.0750 e. The van der Waals surface area contributed by atoms with Crippen molar-refractivity contribution in [1.82, 2.24) is 4.98 Å². The summed E-state index contributed by atoms with van der Waals surface area (Å²) in [4.78, 5) is 6.48. The summed E-state index contributed by atoms with van der Waals surface area (Å²) in [6.45, 7) is 7.94. The fraction of sp³-hybridized carbons (Fsp3) is 0.643. The standard InChI is InChI=1S/C14H23N3O/c1-9(2)11-6-16-5-4-13(11)17-7-10(3)14(18)12(15)8-17/h4-6,9-10,12,14,18H,7-8,15H2,1-3H3. The van der Waals surface area contributed by atoms with E-state index in [0.29, 0.717) is 12.5 Å². The van der Waals surface area contributed by atoms with Gasteiger partial charge >= 0.3 is 0 Å². The van der Waals surface area contributed by atoms with E-state index in [4.69, 9.17) is 5.73 Å². The van der Waals surface area contributed by atoms with Crippen molar-refractivity contribution < 1.29 is 5.11 Å². The third kappa shape index (κ3) is 2.49. The lowest BCUT2D eigenvalue weighted by molar-refractivity contribution is 0.0784. The zero-order valence-electron chi connectivity index (χ0n) is 11.4. The Labute approximate surface area is 109 Å². The lowest BCUT2D eigenvalue weighted by atomic mass is 9.91. The van der Waals surface area contributed by atoms with Crippen molar-refractivity contribution >= 4 is 5.69 Å². The fourth-order valence-electron chi connectivity index (χ4n) is 2.64. The number of nitrogens with zero attached hydrogens (tertiary/aromatic N) is 2. The molecule has 0 spiro atoms. The molecule has 3 atom stereocenters. The first-order valence-electron chi connectivity index (χ1n) is 6.63. The predicted molar refractivity (Wildman–Crippen MR) is 73.7 cm³/mol. The topological polar surface area (TPSA) is 62.4 Å². The van der Waals surface area contributed by atoms with E-state index in [-0.39, 0.29) is 12.0 Å². The SMILES string of the molecule is CC(C)c1cnccc1N1CC(C)C(O)C(N)C1. The third-order valence-electron chi connectivity index (χ3n) is 3.75. The van der Waals surface area contributed by atoms with Crippen LogP contribution in [0.5, 0.6) is 0 Å². The molecular weight excluding hydrogens is 226 g/mol. The first-order valence-corrected chi connectivity index (χ1v) is 6.63. The lowest BCUT2D eigenvalue weighted by Crippen LogP contribution is -2.55. The van der Waals surface area contributed by atoms with Crippen LogP contribution in [0.3, 0.4) is 0 Å². The van der Waals surface area contributed by atoms with Gasteiger partial charge in [0.1, 0.15) is 0 Å². The number of aromatic nitrogens is 1. The highest BCUT2D eigenvalue weighted by Gasteiger charge is 2.31. The van der Waals surface area contributed by atoms with Crippen molar-refractivity contribution in [3.8, 4) is 0 Å². The smallest absolute Gasteiger partial charge is 0.0750 e. The second-order valence-electron chi connectivity index (χ2n) is 5.63. The number of anilines is 1. The summed E-state index contributed by atoms with van der Waals surface area (Å²) in [5.41, 5.74) is 8.46. The number of nitrogens with two attached hydrogens (primary N) is 1. The van der Waals surface area contributed by atoms with Gasteiger partial charge in [-0.1, -0.05) is 20.8 Å². The van der Waals surface area contributed by atoms with Gasteiger partial charge in [0, 0.05) is 43.1 Å². The number of hydrogen-bond donors (Lipinski definition) is 2. The average molecular weight is 249 g/mol. The van der Waals surface area contributed by atoms with E-state index >= 15 is 0 Å². The van der Waals surface area contributed by atoms with E-state index in [0.717, 1.165) is 6.54 Å². The minimum absolute atomic E-state index is 0.179. The Kier molecular flexibility index (Phi) is 3.88. The number of pyridine rings is 1. The molecule has 4 nitrogen and oxygen atoms in total. The van der Waals surface area contributed by atoms with Crippen molar-refractivity contribution in [2.75, 3.05) is 18.0 Å². The van der Waals surface area contributed by atoms with E-state index in [2.05, 4.69) is 23.7 Å². The maximum atomic E-state index is 9.93. The molecule has 0 saturated carbocycles. The van der Waals surface area contributed by atoms with Crippen LogP contribution in [0.25, 0.3) is 0 Å². The van der Waals surface area contributed by atoms with Crippen LogP contribution in [0, 0.1) is 5.92 Å². The molecule has 0 bridgehead atoms. The van der Waals surface area contributed by atoms with Gasteiger partial charge in [-0.05, 0) is 17.5 Å². The summed E-state index contributed by atoms with van der Waals surface area (Å²) < 4.78 is 0. The van der Waals surface area contributed by atoms with Crippen LogP contribution in [0.15, 0.2) is 18.5 Å². The Morgan fingerprint density at radius 3 is 2.78 bits per heavy atom. The van der Waals surface area contributed by atoms with Crippen LogP contribution >= 0.6 is 0 Å². The van der Waals surface area contributed by atoms with Gasteiger partial charge in [-0.25, -0.2) is 0 Å². The largest absolute Gasteiger partial charge is 0.391 e. The molecule has 3 unspecified atom stereocenters. The van der Waals surface area contributed by atoms with Crippen LogP contribution in [0.2, 0.25) is 0 Å². The van der Waals surface area contributed by atoms with Gasteiger partial charge in [-0.3, -0.25) is 4.98 Å². The van der Waals surface area contributed by atoms with E-state index in [1.807, 2.05) is 25.4 Å². The van der Waals surface area contributed by atoms with Gasteiger partial charge in [0.25, 0.3) is 0 Å². The zero-order chi connectivity index (χ0) is 13.3. The molecule has 1 aliphatic rings. The first kappa shape index (κ1) is 13.3. The highest BCUT2D eigenvalue weighted by Crippen LogP contribution is 2.29. The first-order chi connectivity index (χ1) is 8.50. The van der Waals surface area contributed by atoms with Crippen molar-refractivity contribution in [3.05, 3.63) is 24.0 Å². The zero-order valence-corrected chi connectivity index (χ0v) is 11.4. The van der Waals surface area contributed by atoms with Gasteiger partial charge in [-0.15, -0.1) is 0 Å². The van der Waals surface area contributed by atoms with Gasteiger partial charge in [0.15, 0.2) is 0 Å². The molecule has 1 aliphatic heterocycles. The second-order valence-corrected chi connectivity index (χ2v) is 5.63.